The van der Waals surface area contributed by atoms with E-state index in [2.05, 4.69) is 80.2 Å². The lowest BCUT2D eigenvalue weighted by Gasteiger charge is -2.27. The first-order valence-electron chi connectivity index (χ1n) is 10.5. The number of hydrogen-bond donors (Lipinski definition) is 1. The van der Waals surface area contributed by atoms with Crippen LogP contribution in [0.1, 0.15) is 80.5 Å². The standard InChI is InChI=1S/C27H36O3/c1-10-24(28)30-16-21-19(11-17(2)13-22(21)26(4,5)6)15-20-12-18(3)14-23(25(20)29)27(7,8)9/h10-14,29H,1,15-16H2,2-9H3. The second-order valence-electron chi connectivity index (χ2n) is 10.3. The van der Waals surface area contributed by atoms with E-state index in [0.29, 0.717) is 12.2 Å². The van der Waals surface area contributed by atoms with Crippen LogP contribution in [-0.4, -0.2) is 11.1 Å². The van der Waals surface area contributed by atoms with Gasteiger partial charge in [-0.2, -0.15) is 0 Å². The van der Waals surface area contributed by atoms with Gasteiger partial charge in [0.1, 0.15) is 12.4 Å². The zero-order valence-electron chi connectivity index (χ0n) is 19.8. The van der Waals surface area contributed by atoms with E-state index < -0.39 is 5.97 Å². The summed E-state index contributed by atoms with van der Waals surface area (Å²) in [5, 5.41) is 11.1. The van der Waals surface area contributed by atoms with Gasteiger partial charge >= 0.3 is 5.97 Å². The van der Waals surface area contributed by atoms with Gasteiger partial charge in [-0.25, -0.2) is 4.79 Å². The smallest absolute Gasteiger partial charge is 0.330 e. The van der Waals surface area contributed by atoms with Gasteiger partial charge in [0.05, 0.1) is 0 Å². The van der Waals surface area contributed by atoms with Gasteiger partial charge in [-0.1, -0.05) is 83.5 Å². The minimum atomic E-state index is -0.435. The molecule has 0 saturated heterocycles. The van der Waals surface area contributed by atoms with Crippen LogP contribution in [0.5, 0.6) is 5.75 Å². The largest absolute Gasteiger partial charge is 0.507 e. The molecule has 0 atom stereocenters. The topological polar surface area (TPSA) is 46.5 Å². The van der Waals surface area contributed by atoms with Crippen molar-refractivity contribution >= 4 is 5.97 Å². The predicted octanol–water partition coefficient (Wildman–Crippen LogP) is 6.42. The van der Waals surface area contributed by atoms with Crippen molar-refractivity contribution in [1.82, 2.24) is 0 Å². The summed E-state index contributed by atoms with van der Waals surface area (Å²) in [5.41, 5.74) is 7.06. The molecule has 2 rings (SSSR count). The third-order valence-corrected chi connectivity index (χ3v) is 5.34. The van der Waals surface area contributed by atoms with Crippen LogP contribution in [0.3, 0.4) is 0 Å². The molecule has 2 aromatic rings. The highest BCUT2D eigenvalue weighted by molar-refractivity contribution is 5.81. The Balaban J connectivity index is 2.64. The van der Waals surface area contributed by atoms with E-state index in [4.69, 9.17) is 4.74 Å². The lowest BCUT2D eigenvalue weighted by atomic mass is 9.79. The molecule has 0 spiro atoms. The summed E-state index contributed by atoms with van der Waals surface area (Å²) in [4.78, 5) is 11.8. The van der Waals surface area contributed by atoms with Gasteiger partial charge in [-0.3, -0.25) is 0 Å². The van der Waals surface area contributed by atoms with E-state index in [0.717, 1.165) is 38.9 Å². The maximum Gasteiger partial charge on any atom is 0.330 e. The van der Waals surface area contributed by atoms with E-state index >= 15 is 0 Å². The summed E-state index contributed by atoms with van der Waals surface area (Å²) in [6.07, 6.45) is 1.76. The molecule has 0 fully saturated rings. The highest BCUT2D eigenvalue weighted by Crippen LogP contribution is 2.37. The van der Waals surface area contributed by atoms with E-state index in [1.54, 1.807) is 0 Å². The van der Waals surface area contributed by atoms with Crippen LogP contribution in [0, 0.1) is 13.8 Å². The number of esters is 1. The van der Waals surface area contributed by atoms with Gasteiger partial charge in [-0.15, -0.1) is 0 Å². The molecule has 30 heavy (non-hydrogen) atoms. The van der Waals surface area contributed by atoms with E-state index in [1.807, 2.05) is 6.07 Å². The molecule has 0 aliphatic heterocycles. The number of phenolic OH excluding ortho intramolecular Hbond substituents is 1. The molecular formula is C27H36O3. The Hall–Kier alpha value is -2.55. The number of phenols is 1. The van der Waals surface area contributed by atoms with Crippen molar-refractivity contribution < 1.29 is 14.6 Å². The molecule has 3 nitrogen and oxygen atoms in total. The molecule has 0 aliphatic carbocycles. The number of carbonyl (C=O) groups is 1. The van der Waals surface area contributed by atoms with Gasteiger partial charge in [-0.05, 0) is 52.5 Å². The second kappa shape index (κ2) is 8.67. The van der Waals surface area contributed by atoms with Crippen LogP contribution in [-0.2, 0) is 33.4 Å². The molecule has 0 unspecified atom stereocenters. The SMILES string of the molecule is C=CC(=O)OCc1c(Cc2cc(C)cc(C(C)(C)C)c2O)cc(C)cc1C(C)(C)C. The number of benzene rings is 2. The Morgan fingerprint density at radius 3 is 1.93 bits per heavy atom. The van der Waals surface area contributed by atoms with E-state index in [-0.39, 0.29) is 17.4 Å². The van der Waals surface area contributed by atoms with Crippen molar-refractivity contribution in [3.05, 3.63) is 75.9 Å². The Morgan fingerprint density at radius 1 is 0.933 bits per heavy atom. The average Bonchev–Trinajstić information content (AvgIpc) is 2.61. The third kappa shape index (κ3) is 5.53. The lowest BCUT2D eigenvalue weighted by Crippen LogP contribution is -2.18. The second-order valence-corrected chi connectivity index (χ2v) is 10.3. The van der Waals surface area contributed by atoms with Crippen molar-refractivity contribution in [2.75, 3.05) is 0 Å². The molecule has 1 N–H and O–H groups in total. The van der Waals surface area contributed by atoms with Crippen LogP contribution in [0.25, 0.3) is 0 Å². The summed E-state index contributed by atoms with van der Waals surface area (Å²) in [6, 6.07) is 8.40. The molecule has 0 radical (unpaired) electrons. The number of aromatic hydroxyl groups is 1. The summed E-state index contributed by atoms with van der Waals surface area (Å²) < 4.78 is 5.44. The van der Waals surface area contributed by atoms with Gasteiger partial charge in [0.25, 0.3) is 0 Å². The fourth-order valence-electron chi connectivity index (χ4n) is 3.86. The Bertz CT molecular complexity index is 954. The van der Waals surface area contributed by atoms with Crippen molar-refractivity contribution in [1.29, 1.82) is 0 Å². The molecule has 162 valence electrons. The summed E-state index contributed by atoms with van der Waals surface area (Å²) >= 11 is 0. The van der Waals surface area contributed by atoms with Crippen molar-refractivity contribution in [2.45, 2.75) is 79.2 Å². The zero-order chi connectivity index (χ0) is 22.9. The third-order valence-electron chi connectivity index (χ3n) is 5.34. The van der Waals surface area contributed by atoms with Crippen molar-refractivity contribution in [2.24, 2.45) is 0 Å². The minimum absolute atomic E-state index is 0.109. The van der Waals surface area contributed by atoms with Gasteiger partial charge in [0.15, 0.2) is 0 Å². The Labute approximate surface area is 181 Å². The first-order chi connectivity index (χ1) is 13.7. The summed E-state index contributed by atoms with van der Waals surface area (Å²) in [7, 11) is 0. The highest BCUT2D eigenvalue weighted by Gasteiger charge is 2.24. The van der Waals surface area contributed by atoms with Gasteiger partial charge < -0.3 is 9.84 Å². The van der Waals surface area contributed by atoms with Gasteiger partial charge in [0.2, 0.25) is 0 Å². The van der Waals surface area contributed by atoms with Crippen LogP contribution in [0.15, 0.2) is 36.9 Å². The normalized spacial score (nSPS) is 12.0. The summed E-state index contributed by atoms with van der Waals surface area (Å²) in [6.45, 7) is 20.6. The minimum Gasteiger partial charge on any atom is -0.507 e. The molecule has 0 heterocycles. The molecule has 0 amide bonds. The molecule has 0 bridgehead atoms. The van der Waals surface area contributed by atoms with Crippen molar-refractivity contribution in [3.8, 4) is 5.75 Å². The number of carbonyl (C=O) groups excluding carboxylic acids is 1. The maximum atomic E-state index is 11.8. The molecule has 3 heteroatoms. The van der Waals surface area contributed by atoms with E-state index in [9.17, 15) is 9.90 Å². The maximum absolute atomic E-state index is 11.8. The Morgan fingerprint density at radius 2 is 1.43 bits per heavy atom. The highest BCUT2D eigenvalue weighted by atomic mass is 16.5. The predicted molar refractivity (Wildman–Crippen MR) is 124 cm³/mol. The average molecular weight is 409 g/mol. The van der Waals surface area contributed by atoms with Gasteiger partial charge in [0, 0.05) is 12.5 Å². The number of rotatable bonds is 5. The van der Waals surface area contributed by atoms with E-state index in [1.165, 1.54) is 6.08 Å². The quantitative estimate of drug-likeness (QED) is 0.458. The first kappa shape index (κ1) is 23.7. The van der Waals surface area contributed by atoms with Crippen molar-refractivity contribution in [3.63, 3.8) is 0 Å². The first-order valence-corrected chi connectivity index (χ1v) is 10.5. The van der Waals surface area contributed by atoms with Crippen LogP contribution >= 0.6 is 0 Å². The summed E-state index contributed by atoms with van der Waals surface area (Å²) in [5.74, 6) is -0.0873. The number of ether oxygens (including phenoxy) is 1. The molecule has 2 aromatic carbocycles. The zero-order valence-corrected chi connectivity index (χ0v) is 19.8. The number of aryl methyl sites for hydroxylation is 2. The molecular weight excluding hydrogens is 372 g/mol. The monoisotopic (exact) mass is 408 g/mol. The van der Waals surface area contributed by atoms with Crippen LogP contribution < -0.4 is 0 Å². The van der Waals surface area contributed by atoms with Crippen LogP contribution in [0.4, 0.5) is 0 Å². The fourth-order valence-corrected chi connectivity index (χ4v) is 3.86. The molecule has 0 aromatic heterocycles. The Kier molecular flexibility index (Phi) is 6.86. The fraction of sp³-hybridized carbons (Fsp3) is 0.444. The molecule has 0 aliphatic rings. The molecule has 0 saturated carbocycles. The van der Waals surface area contributed by atoms with Crippen LogP contribution in [0.2, 0.25) is 0 Å². The number of hydrogen-bond acceptors (Lipinski definition) is 3. The lowest BCUT2D eigenvalue weighted by molar-refractivity contribution is -0.139.